The summed E-state index contributed by atoms with van der Waals surface area (Å²) >= 11 is 1.30. The maximum Gasteiger partial charge on any atom is 0.221 e. The summed E-state index contributed by atoms with van der Waals surface area (Å²) < 4.78 is 25.8. The van der Waals surface area contributed by atoms with Crippen molar-refractivity contribution in [3.8, 4) is 0 Å². The van der Waals surface area contributed by atoms with Crippen molar-refractivity contribution in [1.82, 2.24) is 10.6 Å². The van der Waals surface area contributed by atoms with Crippen LogP contribution in [-0.4, -0.2) is 30.2 Å². The molecule has 1 fully saturated rings. The highest BCUT2D eigenvalue weighted by molar-refractivity contribution is 7.99. The van der Waals surface area contributed by atoms with E-state index in [4.69, 9.17) is 0 Å². The van der Waals surface area contributed by atoms with Gasteiger partial charge < -0.3 is 10.6 Å². The molecule has 114 valence electrons. The van der Waals surface area contributed by atoms with E-state index in [-0.39, 0.29) is 24.3 Å². The number of hydrogen-bond donors (Lipinski definition) is 2. The second-order valence-corrected chi connectivity index (χ2v) is 5.95. The number of carbonyl (C=O) groups is 2. The van der Waals surface area contributed by atoms with E-state index in [1.165, 1.54) is 17.8 Å². The molecule has 1 aromatic rings. The lowest BCUT2D eigenvalue weighted by atomic mass is 10.1. The highest BCUT2D eigenvalue weighted by atomic mass is 32.2. The lowest BCUT2D eigenvalue weighted by Crippen LogP contribution is -2.47. The summed E-state index contributed by atoms with van der Waals surface area (Å²) in [7, 11) is 0. The van der Waals surface area contributed by atoms with E-state index in [1.807, 2.05) is 0 Å². The summed E-state index contributed by atoms with van der Waals surface area (Å²) in [6.07, 6.45) is 1.36. The Kier molecular flexibility index (Phi) is 5.55. The van der Waals surface area contributed by atoms with Crippen molar-refractivity contribution < 1.29 is 18.4 Å². The van der Waals surface area contributed by atoms with Crippen LogP contribution in [0.2, 0.25) is 0 Å². The molecule has 0 spiro atoms. The highest BCUT2D eigenvalue weighted by Gasteiger charge is 2.19. The Morgan fingerprint density at radius 3 is 2.86 bits per heavy atom. The Balaban J connectivity index is 1.69. The number of thioether (sulfide) groups is 1. The van der Waals surface area contributed by atoms with Crippen LogP contribution in [0, 0.1) is 11.6 Å². The summed E-state index contributed by atoms with van der Waals surface area (Å²) in [6.45, 7) is 0.459. The molecule has 1 aliphatic heterocycles. The maximum absolute atomic E-state index is 13.0. The predicted molar refractivity (Wildman–Crippen MR) is 75.9 cm³/mol. The first-order chi connectivity index (χ1) is 10.0. The molecular weight excluding hydrogens is 298 g/mol. The van der Waals surface area contributed by atoms with Crippen molar-refractivity contribution in [2.45, 2.75) is 30.2 Å². The molecule has 7 heteroatoms. The number of carbonyl (C=O) groups excluding carboxylic acids is 2. The summed E-state index contributed by atoms with van der Waals surface area (Å²) in [5.41, 5.74) is 0. The topological polar surface area (TPSA) is 58.2 Å². The molecule has 1 aliphatic rings. The molecule has 2 amide bonds. The summed E-state index contributed by atoms with van der Waals surface area (Å²) in [4.78, 5) is 23.3. The number of hydrogen-bond acceptors (Lipinski definition) is 3. The molecule has 0 aromatic heterocycles. The molecule has 0 bridgehead atoms. The quantitative estimate of drug-likeness (QED) is 0.816. The van der Waals surface area contributed by atoms with Crippen LogP contribution < -0.4 is 10.6 Å². The van der Waals surface area contributed by atoms with E-state index in [9.17, 15) is 18.4 Å². The van der Waals surface area contributed by atoms with Gasteiger partial charge in [0, 0.05) is 36.1 Å². The van der Waals surface area contributed by atoms with Crippen LogP contribution >= 0.6 is 11.8 Å². The molecule has 21 heavy (non-hydrogen) atoms. The van der Waals surface area contributed by atoms with Gasteiger partial charge in [-0.2, -0.15) is 0 Å². The number of rotatable bonds is 5. The second-order valence-electron chi connectivity index (χ2n) is 4.78. The average molecular weight is 314 g/mol. The Morgan fingerprint density at radius 2 is 2.19 bits per heavy atom. The van der Waals surface area contributed by atoms with Gasteiger partial charge in [-0.3, -0.25) is 9.59 Å². The molecule has 2 rings (SSSR count). The van der Waals surface area contributed by atoms with Crippen LogP contribution in [0.1, 0.15) is 19.3 Å². The monoisotopic (exact) mass is 314 g/mol. The first kappa shape index (κ1) is 15.8. The van der Waals surface area contributed by atoms with E-state index in [1.54, 1.807) is 0 Å². The lowest BCUT2D eigenvalue weighted by molar-refractivity contribution is -0.125. The van der Waals surface area contributed by atoms with Crippen molar-refractivity contribution in [3.05, 3.63) is 29.8 Å². The smallest absolute Gasteiger partial charge is 0.221 e. The zero-order valence-corrected chi connectivity index (χ0v) is 12.1. The van der Waals surface area contributed by atoms with Gasteiger partial charge >= 0.3 is 0 Å². The normalized spacial score (nSPS) is 18.2. The van der Waals surface area contributed by atoms with Crippen LogP contribution in [0.15, 0.2) is 23.1 Å². The third-order valence-electron chi connectivity index (χ3n) is 3.12. The van der Waals surface area contributed by atoms with E-state index in [2.05, 4.69) is 10.6 Å². The number of benzene rings is 1. The average Bonchev–Trinajstić information content (AvgIpc) is 2.45. The Morgan fingerprint density at radius 1 is 1.38 bits per heavy atom. The zero-order chi connectivity index (χ0) is 15.2. The SMILES string of the molecule is O=C1CCC(NC(=O)CCSc2ccc(F)c(F)c2)CN1. The molecule has 4 nitrogen and oxygen atoms in total. The fraction of sp³-hybridized carbons (Fsp3) is 0.429. The van der Waals surface area contributed by atoms with Gasteiger partial charge in [-0.15, -0.1) is 11.8 Å². The Labute approximate surface area is 125 Å². The summed E-state index contributed by atoms with van der Waals surface area (Å²) in [6, 6.07) is 3.65. The lowest BCUT2D eigenvalue weighted by Gasteiger charge is -2.23. The highest BCUT2D eigenvalue weighted by Crippen LogP contribution is 2.21. The molecule has 2 N–H and O–H groups in total. The van der Waals surface area contributed by atoms with E-state index in [0.717, 1.165) is 12.1 Å². The molecule has 1 aromatic carbocycles. The van der Waals surface area contributed by atoms with Crippen LogP contribution in [0.4, 0.5) is 8.78 Å². The molecule has 1 saturated heterocycles. The van der Waals surface area contributed by atoms with Crippen molar-refractivity contribution in [2.75, 3.05) is 12.3 Å². The van der Waals surface area contributed by atoms with Crippen LogP contribution in [0.5, 0.6) is 0 Å². The van der Waals surface area contributed by atoms with Gasteiger partial charge in [-0.1, -0.05) is 0 Å². The predicted octanol–water partition coefficient (Wildman–Crippen LogP) is 1.84. The molecule has 1 unspecified atom stereocenters. The van der Waals surface area contributed by atoms with Gasteiger partial charge in [0.05, 0.1) is 0 Å². The molecule has 0 aliphatic carbocycles. The second kappa shape index (κ2) is 7.40. The Hall–Kier alpha value is -1.63. The maximum atomic E-state index is 13.0. The van der Waals surface area contributed by atoms with Crippen molar-refractivity contribution >= 4 is 23.6 Å². The third-order valence-corrected chi connectivity index (χ3v) is 4.12. The van der Waals surface area contributed by atoms with Crippen LogP contribution in [0.25, 0.3) is 0 Å². The number of nitrogens with one attached hydrogen (secondary N) is 2. The van der Waals surface area contributed by atoms with E-state index < -0.39 is 11.6 Å². The molecule has 0 saturated carbocycles. The third kappa shape index (κ3) is 5.00. The molecule has 0 radical (unpaired) electrons. The van der Waals surface area contributed by atoms with Crippen molar-refractivity contribution in [2.24, 2.45) is 0 Å². The largest absolute Gasteiger partial charge is 0.354 e. The van der Waals surface area contributed by atoms with Gasteiger partial charge in [0.25, 0.3) is 0 Å². The van der Waals surface area contributed by atoms with Crippen LogP contribution in [-0.2, 0) is 9.59 Å². The van der Waals surface area contributed by atoms with Gasteiger partial charge in [0.2, 0.25) is 11.8 Å². The van der Waals surface area contributed by atoms with E-state index in [0.29, 0.717) is 30.0 Å². The number of amides is 2. The minimum Gasteiger partial charge on any atom is -0.354 e. The first-order valence-electron chi connectivity index (χ1n) is 6.68. The van der Waals surface area contributed by atoms with Gasteiger partial charge in [0.15, 0.2) is 11.6 Å². The van der Waals surface area contributed by atoms with Gasteiger partial charge in [-0.25, -0.2) is 8.78 Å². The Bertz CT molecular complexity index is 530. The molecule has 1 atom stereocenters. The van der Waals surface area contributed by atoms with Gasteiger partial charge in [0.1, 0.15) is 0 Å². The van der Waals surface area contributed by atoms with E-state index >= 15 is 0 Å². The summed E-state index contributed by atoms with van der Waals surface area (Å²) in [5.74, 6) is -1.38. The van der Waals surface area contributed by atoms with Crippen LogP contribution in [0.3, 0.4) is 0 Å². The standard InChI is InChI=1S/C14H16F2N2O2S/c15-11-3-2-10(7-12(11)16)21-6-5-14(20)18-9-1-4-13(19)17-8-9/h2-3,7,9H,1,4-6,8H2,(H,17,19)(H,18,20). The fourth-order valence-electron chi connectivity index (χ4n) is 1.98. The first-order valence-corrected chi connectivity index (χ1v) is 7.67. The fourth-order valence-corrected chi connectivity index (χ4v) is 2.86. The number of piperidine rings is 1. The minimum atomic E-state index is -0.887. The molecule has 1 heterocycles. The molecular formula is C14H16F2N2O2S. The zero-order valence-electron chi connectivity index (χ0n) is 11.3. The summed E-state index contributed by atoms with van der Waals surface area (Å²) in [5, 5.41) is 5.54. The van der Waals surface area contributed by atoms with Crippen molar-refractivity contribution in [3.63, 3.8) is 0 Å². The minimum absolute atomic E-state index is 0.00870. The van der Waals surface area contributed by atoms with Gasteiger partial charge in [-0.05, 0) is 24.6 Å². The van der Waals surface area contributed by atoms with Crippen molar-refractivity contribution in [1.29, 1.82) is 0 Å². The number of halogens is 2.